The first-order chi connectivity index (χ1) is 18.3. The average molecular weight is 510 g/mol. The molecule has 4 aromatic carbocycles. The summed E-state index contributed by atoms with van der Waals surface area (Å²) in [7, 11) is 1.71. The largest absolute Gasteiger partial charge is 0.478 e. The molecular formula is C29H21F2N5O2. The molecular weight excluding hydrogens is 488 g/mol. The minimum absolute atomic E-state index is 0.108. The lowest BCUT2D eigenvalue weighted by atomic mass is 9.81. The van der Waals surface area contributed by atoms with Crippen molar-refractivity contribution in [3.05, 3.63) is 107 Å². The highest BCUT2D eigenvalue weighted by atomic mass is 19.1. The summed E-state index contributed by atoms with van der Waals surface area (Å²) >= 11 is 0. The van der Waals surface area contributed by atoms with Gasteiger partial charge >= 0.3 is 5.97 Å². The number of aliphatic carboxylic acids is 1. The summed E-state index contributed by atoms with van der Waals surface area (Å²) in [4.78, 5) is 14.4. The maximum absolute atomic E-state index is 14.0. The van der Waals surface area contributed by atoms with Gasteiger partial charge in [0.05, 0.1) is 5.57 Å². The number of nitrogens with zero attached hydrogens (tertiary/aromatic N) is 5. The summed E-state index contributed by atoms with van der Waals surface area (Å²) in [5.41, 5.74) is 4.05. The number of rotatable bonds is 4. The smallest absolute Gasteiger partial charge is 0.335 e. The Bertz CT molecular complexity index is 1740. The van der Waals surface area contributed by atoms with Crippen molar-refractivity contribution in [2.45, 2.75) is 13.0 Å². The molecule has 1 unspecified atom stereocenters. The number of tetrazole rings is 1. The second-order valence-corrected chi connectivity index (χ2v) is 9.14. The highest BCUT2D eigenvalue weighted by molar-refractivity contribution is 6.03. The monoisotopic (exact) mass is 509 g/mol. The molecule has 6 rings (SSSR count). The molecule has 188 valence electrons. The zero-order valence-electron chi connectivity index (χ0n) is 20.4. The van der Waals surface area contributed by atoms with Crippen molar-refractivity contribution in [3.8, 4) is 22.3 Å². The molecule has 0 saturated carbocycles. The number of carboxylic acids is 1. The van der Waals surface area contributed by atoms with E-state index in [1.165, 1.54) is 28.9 Å². The molecule has 9 heteroatoms. The molecule has 0 spiro atoms. The van der Waals surface area contributed by atoms with Crippen molar-refractivity contribution < 1.29 is 18.7 Å². The van der Waals surface area contributed by atoms with Gasteiger partial charge in [0.25, 0.3) is 0 Å². The predicted octanol–water partition coefficient (Wildman–Crippen LogP) is 5.84. The number of anilines is 1. The van der Waals surface area contributed by atoms with Gasteiger partial charge in [-0.2, -0.15) is 4.68 Å². The molecule has 0 bridgehead atoms. The number of hydrogen-bond acceptors (Lipinski definition) is 5. The highest BCUT2D eigenvalue weighted by Gasteiger charge is 2.39. The Morgan fingerprint density at radius 1 is 0.921 bits per heavy atom. The third kappa shape index (κ3) is 3.62. The van der Waals surface area contributed by atoms with Gasteiger partial charge in [0.1, 0.15) is 17.7 Å². The van der Waals surface area contributed by atoms with Crippen molar-refractivity contribution in [2.75, 3.05) is 11.9 Å². The van der Waals surface area contributed by atoms with Crippen LogP contribution in [0.4, 0.5) is 14.7 Å². The minimum atomic E-state index is -1.11. The molecule has 0 saturated heterocycles. The quantitative estimate of drug-likeness (QED) is 0.328. The lowest BCUT2D eigenvalue weighted by Gasteiger charge is -2.34. The summed E-state index contributed by atoms with van der Waals surface area (Å²) in [6, 6.07) is 20.8. The molecule has 1 aromatic heterocycles. The lowest BCUT2D eigenvalue weighted by molar-refractivity contribution is -0.133. The number of hydrogen-bond donors (Lipinski definition) is 1. The summed E-state index contributed by atoms with van der Waals surface area (Å²) in [5, 5.41) is 24.3. The summed E-state index contributed by atoms with van der Waals surface area (Å²) in [6.07, 6.45) is 0. The molecule has 7 nitrogen and oxygen atoms in total. The zero-order chi connectivity index (χ0) is 26.6. The Balaban J connectivity index is 1.81. The topological polar surface area (TPSA) is 84.1 Å². The Hall–Kier alpha value is -4.92. The molecule has 0 fully saturated rings. The average Bonchev–Trinajstić information content (AvgIpc) is 3.41. The molecule has 1 atom stereocenters. The fraction of sp³-hybridized carbons (Fsp3) is 0.103. The van der Waals surface area contributed by atoms with Gasteiger partial charge in [0.15, 0.2) is 0 Å². The van der Waals surface area contributed by atoms with Crippen molar-refractivity contribution >= 4 is 22.7 Å². The molecule has 0 amide bonds. The van der Waals surface area contributed by atoms with E-state index in [1.54, 1.807) is 43.1 Å². The zero-order valence-corrected chi connectivity index (χ0v) is 20.4. The van der Waals surface area contributed by atoms with Gasteiger partial charge in [0.2, 0.25) is 5.95 Å². The van der Waals surface area contributed by atoms with Gasteiger partial charge < -0.3 is 10.0 Å². The van der Waals surface area contributed by atoms with E-state index >= 15 is 0 Å². The van der Waals surface area contributed by atoms with Crippen LogP contribution in [0.3, 0.4) is 0 Å². The van der Waals surface area contributed by atoms with Crippen molar-refractivity contribution in [2.24, 2.45) is 0 Å². The summed E-state index contributed by atoms with van der Waals surface area (Å²) in [6.45, 7) is 1.72. The van der Waals surface area contributed by atoms with Crippen molar-refractivity contribution in [1.29, 1.82) is 0 Å². The Kier molecular flexibility index (Phi) is 5.48. The second kappa shape index (κ2) is 8.88. The van der Waals surface area contributed by atoms with Crippen molar-refractivity contribution in [3.63, 3.8) is 0 Å². The van der Waals surface area contributed by atoms with Crippen LogP contribution in [0.25, 0.3) is 33.0 Å². The molecule has 1 aliphatic rings. The third-order valence-electron chi connectivity index (χ3n) is 7.07. The van der Waals surface area contributed by atoms with Crippen LogP contribution in [-0.4, -0.2) is 38.3 Å². The number of aromatic nitrogens is 4. The van der Waals surface area contributed by atoms with E-state index in [-0.39, 0.29) is 11.4 Å². The van der Waals surface area contributed by atoms with E-state index < -0.39 is 17.8 Å². The van der Waals surface area contributed by atoms with Gasteiger partial charge in [-0.3, -0.25) is 0 Å². The molecule has 0 radical (unpaired) electrons. The first-order valence-electron chi connectivity index (χ1n) is 11.9. The van der Waals surface area contributed by atoms with E-state index in [0.29, 0.717) is 28.3 Å². The molecule has 5 aromatic rings. The van der Waals surface area contributed by atoms with Gasteiger partial charge in [-0.05, 0) is 86.3 Å². The molecule has 1 aliphatic heterocycles. The van der Waals surface area contributed by atoms with Crippen LogP contribution >= 0.6 is 0 Å². The third-order valence-corrected chi connectivity index (χ3v) is 7.07. The van der Waals surface area contributed by atoms with Crippen LogP contribution < -0.4 is 4.90 Å². The van der Waals surface area contributed by atoms with Crippen LogP contribution in [0.2, 0.25) is 0 Å². The molecule has 0 aliphatic carbocycles. The number of benzene rings is 4. The van der Waals surface area contributed by atoms with E-state index in [2.05, 4.69) is 15.5 Å². The van der Waals surface area contributed by atoms with Gasteiger partial charge in [0, 0.05) is 12.7 Å². The predicted molar refractivity (Wildman–Crippen MR) is 139 cm³/mol. The summed E-state index contributed by atoms with van der Waals surface area (Å²) in [5.74, 6) is -1.50. The first-order valence-corrected chi connectivity index (χ1v) is 11.9. The minimum Gasteiger partial charge on any atom is -0.478 e. The lowest BCUT2D eigenvalue weighted by Crippen LogP contribution is -2.34. The van der Waals surface area contributed by atoms with Gasteiger partial charge in [-0.1, -0.05) is 53.6 Å². The SMILES string of the molecule is CC1=C(C(=O)O)C(c2c(-c3ccc(F)cc3)c(-c3ccc(F)cc3)cc3ccccc23)n2nnnc2N1C. The normalized spacial score (nSPS) is 15.2. The van der Waals surface area contributed by atoms with Crippen LogP contribution in [-0.2, 0) is 4.79 Å². The van der Waals surface area contributed by atoms with Crippen LogP contribution in [0.5, 0.6) is 0 Å². The second-order valence-electron chi connectivity index (χ2n) is 9.14. The van der Waals surface area contributed by atoms with Gasteiger partial charge in [-0.25, -0.2) is 13.6 Å². The Labute approximate surface area is 216 Å². The first kappa shape index (κ1) is 23.5. The van der Waals surface area contributed by atoms with E-state index in [1.807, 2.05) is 30.3 Å². The Morgan fingerprint density at radius 3 is 2.21 bits per heavy atom. The number of allylic oxidation sites excluding steroid dienone is 1. The maximum Gasteiger partial charge on any atom is 0.335 e. The Morgan fingerprint density at radius 2 is 1.55 bits per heavy atom. The van der Waals surface area contributed by atoms with Crippen LogP contribution in [0.1, 0.15) is 18.5 Å². The number of carbonyl (C=O) groups is 1. The van der Waals surface area contributed by atoms with E-state index in [4.69, 9.17) is 0 Å². The maximum atomic E-state index is 14.0. The molecule has 2 heterocycles. The van der Waals surface area contributed by atoms with Crippen LogP contribution in [0.15, 0.2) is 90.1 Å². The molecule has 1 N–H and O–H groups in total. The number of carboxylic acid groups (broad SMARTS) is 1. The van der Waals surface area contributed by atoms with E-state index in [0.717, 1.165) is 21.9 Å². The molecule has 38 heavy (non-hydrogen) atoms. The highest BCUT2D eigenvalue weighted by Crippen LogP contribution is 2.47. The number of fused-ring (bicyclic) bond motifs is 2. The number of halogens is 2. The van der Waals surface area contributed by atoms with Crippen molar-refractivity contribution in [1.82, 2.24) is 20.2 Å². The van der Waals surface area contributed by atoms with E-state index in [9.17, 15) is 18.7 Å². The van der Waals surface area contributed by atoms with Crippen LogP contribution in [0, 0.1) is 11.6 Å². The fourth-order valence-electron chi connectivity index (χ4n) is 5.21. The fourth-order valence-corrected chi connectivity index (χ4v) is 5.21. The standard InChI is InChI=1S/C29H21F2N5O2/c1-16-24(28(37)38)27(36-29(35(16)2)32-33-34-36)26-22-6-4-3-5-19(22)15-23(17-7-11-20(30)12-8-17)25(26)18-9-13-21(31)14-10-18/h3-15,27H,1-2H3,(H,37,38). The summed E-state index contributed by atoms with van der Waals surface area (Å²) < 4.78 is 29.4. The van der Waals surface area contributed by atoms with Gasteiger partial charge in [-0.15, -0.1) is 0 Å².